The van der Waals surface area contributed by atoms with Gasteiger partial charge in [0.2, 0.25) is 0 Å². The van der Waals surface area contributed by atoms with Crippen molar-refractivity contribution in [1.29, 1.82) is 0 Å². The van der Waals surface area contributed by atoms with Crippen molar-refractivity contribution in [2.24, 2.45) is 0 Å². The van der Waals surface area contributed by atoms with Crippen LogP contribution in [0.15, 0.2) is 48.5 Å². The molecule has 1 nitrogen and oxygen atoms in total. The Kier molecular flexibility index (Phi) is 4.91. The smallest absolute Gasteiger partial charge is 0.123 e. The normalized spacial score (nSPS) is 14.0. The molecular formula is C18H22FN. The Hall–Kier alpha value is -1.67. The molecule has 0 heterocycles. The lowest BCUT2D eigenvalue weighted by atomic mass is 10.0. The Bertz CT molecular complexity index is 548. The Labute approximate surface area is 120 Å². The van der Waals surface area contributed by atoms with E-state index in [9.17, 15) is 4.39 Å². The molecule has 0 saturated heterocycles. The Morgan fingerprint density at radius 1 is 1.05 bits per heavy atom. The number of hydrogen-bond acceptors (Lipinski definition) is 1. The van der Waals surface area contributed by atoms with Crippen LogP contribution in [-0.4, -0.2) is 6.04 Å². The molecule has 20 heavy (non-hydrogen) atoms. The van der Waals surface area contributed by atoms with E-state index in [1.165, 1.54) is 17.2 Å². The third kappa shape index (κ3) is 4.17. The monoisotopic (exact) mass is 271 g/mol. The highest BCUT2D eigenvalue weighted by molar-refractivity contribution is 5.24. The summed E-state index contributed by atoms with van der Waals surface area (Å²) in [6, 6.07) is 16.0. The van der Waals surface area contributed by atoms with E-state index in [1.807, 2.05) is 6.07 Å². The van der Waals surface area contributed by atoms with Gasteiger partial charge in [-0.25, -0.2) is 4.39 Å². The molecule has 0 aromatic heterocycles. The number of rotatable bonds is 5. The molecular weight excluding hydrogens is 249 g/mol. The summed E-state index contributed by atoms with van der Waals surface area (Å²) in [5.74, 6) is -0.165. The Balaban J connectivity index is 1.93. The molecule has 0 bridgehead atoms. The SMILES string of the molecule is Cc1ccc(C(C)NC(C)Cc2cccc(F)c2)cc1. The predicted molar refractivity (Wildman–Crippen MR) is 82.3 cm³/mol. The van der Waals surface area contributed by atoms with Crippen LogP contribution in [0.3, 0.4) is 0 Å². The molecule has 0 fully saturated rings. The second-order valence-electron chi connectivity index (χ2n) is 5.53. The van der Waals surface area contributed by atoms with Crippen LogP contribution in [0.4, 0.5) is 4.39 Å². The molecule has 0 aliphatic carbocycles. The van der Waals surface area contributed by atoms with E-state index in [4.69, 9.17) is 0 Å². The lowest BCUT2D eigenvalue weighted by molar-refractivity contribution is 0.476. The summed E-state index contributed by atoms with van der Waals surface area (Å²) in [4.78, 5) is 0. The second kappa shape index (κ2) is 6.67. The molecule has 0 spiro atoms. The van der Waals surface area contributed by atoms with Crippen molar-refractivity contribution in [1.82, 2.24) is 5.32 Å². The van der Waals surface area contributed by atoms with Crippen LogP contribution in [0.2, 0.25) is 0 Å². The average Bonchev–Trinajstić information content (AvgIpc) is 2.39. The molecule has 2 unspecified atom stereocenters. The predicted octanol–water partition coefficient (Wildman–Crippen LogP) is 4.42. The summed E-state index contributed by atoms with van der Waals surface area (Å²) < 4.78 is 13.2. The summed E-state index contributed by atoms with van der Waals surface area (Å²) in [6.45, 7) is 6.39. The minimum atomic E-state index is -0.165. The highest BCUT2D eigenvalue weighted by atomic mass is 19.1. The van der Waals surface area contributed by atoms with Gasteiger partial charge in [0.25, 0.3) is 0 Å². The first-order valence-electron chi connectivity index (χ1n) is 7.11. The van der Waals surface area contributed by atoms with Gasteiger partial charge in [0.05, 0.1) is 0 Å². The van der Waals surface area contributed by atoms with E-state index in [2.05, 4.69) is 50.4 Å². The molecule has 2 rings (SSSR count). The molecule has 2 aromatic rings. The van der Waals surface area contributed by atoms with Crippen LogP contribution in [0, 0.1) is 12.7 Å². The molecule has 2 atom stereocenters. The third-order valence-electron chi connectivity index (χ3n) is 3.54. The number of aryl methyl sites for hydroxylation is 1. The molecule has 0 aliphatic heterocycles. The minimum absolute atomic E-state index is 0.165. The number of halogens is 1. The fourth-order valence-electron chi connectivity index (χ4n) is 2.45. The number of hydrogen-bond donors (Lipinski definition) is 1. The second-order valence-corrected chi connectivity index (χ2v) is 5.53. The zero-order chi connectivity index (χ0) is 14.5. The quantitative estimate of drug-likeness (QED) is 0.849. The van der Waals surface area contributed by atoms with Crippen molar-refractivity contribution in [2.75, 3.05) is 0 Å². The van der Waals surface area contributed by atoms with E-state index in [1.54, 1.807) is 12.1 Å². The van der Waals surface area contributed by atoms with Crippen molar-refractivity contribution >= 4 is 0 Å². The molecule has 1 N–H and O–H groups in total. The van der Waals surface area contributed by atoms with Gasteiger partial charge in [-0.3, -0.25) is 0 Å². The fourth-order valence-corrected chi connectivity index (χ4v) is 2.45. The standard InChI is InChI=1S/C18H22FN/c1-13-7-9-17(10-8-13)15(3)20-14(2)11-16-5-4-6-18(19)12-16/h4-10,12,14-15,20H,11H2,1-3H3. The highest BCUT2D eigenvalue weighted by Gasteiger charge is 2.10. The maximum absolute atomic E-state index is 13.2. The van der Waals surface area contributed by atoms with Crippen LogP contribution < -0.4 is 5.32 Å². The Morgan fingerprint density at radius 3 is 2.40 bits per heavy atom. The molecule has 2 aromatic carbocycles. The van der Waals surface area contributed by atoms with Gasteiger partial charge in [0, 0.05) is 12.1 Å². The van der Waals surface area contributed by atoms with Crippen molar-refractivity contribution in [3.8, 4) is 0 Å². The highest BCUT2D eigenvalue weighted by Crippen LogP contribution is 2.15. The first-order chi connectivity index (χ1) is 9.54. The summed E-state index contributed by atoms with van der Waals surface area (Å²) in [5, 5.41) is 3.56. The zero-order valence-electron chi connectivity index (χ0n) is 12.4. The molecule has 2 heteroatoms. The van der Waals surface area contributed by atoms with Gasteiger partial charge >= 0.3 is 0 Å². The zero-order valence-corrected chi connectivity index (χ0v) is 12.4. The molecule has 0 saturated carbocycles. The third-order valence-corrected chi connectivity index (χ3v) is 3.54. The van der Waals surface area contributed by atoms with Gasteiger partial charge in [0.1, 0.15) is 5.82 Å². The van der Waals surface area contributed by atoms with Gasteiger partial charge in [-0.05, 0) is 50.5 Å². The first kappa shape index (κ1) is 14.7. The molecule has 0 aliphatic rings. The number of benzene rings is 2. The Morgan fingerprint density at radius 2 is 1.75 bits per heavy atom. The molecule has 0 amide bonds. The summed E-state index contributed by atoms with van der Waals surface area (Å²) >= 11 is 0. The van der Waals surface area contributed by atoms with Gasteiger partial charge < -0.3 is 5.32 Å². The minimum Gasteiger partial charge on any atom is -0.307 e. The number of nitrogens with one attached hydrogen (secondary N) is 1. The summed E-state index contributed by atoms with van der Waals surface area (Å²) in [7, 11) is 0. The topological polar surface area (TPSA) is 12.0 Å². The van der Waals surface area contributed by atoms with Gasteiger partial charge in [-0.1, -0.05) is 42.0 Å². The lowest BCUT2D eigenvalue weighted by Gasteiger charge is -2.20. The lowest BCUT2D eigenvalue weighted by Crippen LogP contribution is -2.30. The maximum atomic E-state index is 13.2. The van der Waals surface area contributed by atoms with Crippen molar-refractivity contribution < 1.29 is 4.39 Å². The average molecular weight is 271 g/mol. The van der Waals surface area contributed by atoms with Crippen molar-refractivity contribution in [3.05, 3.63) is 71.0 Å². The summed E-state index contributed by atoms with van der Waals surface area (Å²) in [6.07, 6.45) is 0.827. The van der Waals surface area contributed by atoms with Gasteiger partial charge in [0.15, 0.2) is 0 Å². The van der Waals surface area contributed by atoms with E-state index < -0.39 is 0 Å². The van der Waals surface area contributed by atoms with Crippen LogP contribution in [0.25, 0.3) is 0 Å². The van der Waals surface area contributed by atoms with E-state index in [-0.39, 0.29) is 5.82 Å². The van der Waals surface area contributed by atoms with Crippen molar-refractivity contribution in [2.45, 2.75) is 39.3 Å². The van der Waals surface area contributed by atoms with Crippen LogP contribution in [0.5, 0.6) is 0 Å². The van der Waals surface area contributed by atoms with E-state index in [0.717, 1.165) is 12.0 Å². The molecule has 0 radical (unpaired) electrons. The van der Waals surface area contributed by atoms with E-state index >= 15 is 0 Å². The van der Waals surface area contributed by atoms with E-state index in [0.29, 0.717) is 12.1 Å². The van der Waals surface area contributed by atoms with Crippen LogP contribution in [0.1, 0.15) is 36.6 Å². The fraction of sp³-hybridized carbons (Fsp3) is 0.333. The largest absolute Gasteiger partial charge is 0.307 e. The van der Waals surface area contributed by atoms with Crippen LogP contribution in [-0.2, 0) is 6.42 Å². The molecule has 106 valence electrons. The van der Waals surface area contributed by atoms with Gasteiger partial charge in [-0.15, -0.1) is 0 Å². The van der Waals surface area contributed by atoms with Crippen molar-refractivity contribution in [3.63, 3.8) is 0 Å². The van der Waals surface area contributed by atoms with Gasteiger partial charge in [-0.2, -0.15) is 0 Å². The first-order valence-corrected chi connectivity index (χ1v) is 7.11. The van der Waals surface area contributed by atoms with Crippen LogP contribution >= 0.6 is 0 Å². The maximum Gasteiger partial charge on any atom is 0.123 e. The summed E-state index contributed by atoms with van der Waals surface area (Å²) in [5.41, 5.74) is 3.58.